The second kappa shape index (κ2) is 21.5. The van der Waals surface area contributed by atoms with E-state index < -0.39 is 58.1 Å². The molecule has 76 heavy (non-hydrogen) atoms. The molecule has 0 saturated carbocycles. The number of hydrogen-bond acceptors (Lipinski definition) is 7. The van der Waals surface area contributed by atoms with E-state index in [9.17, 15) is 0 Å². The molecule has 0 heterocycles. The fraction of sp³-hybridized carbons (Fsp3) is 0.261. The monoisotopic (exact) mass is 1000 g/mol. The van der Waals surface area contributed by atoms with Crippen LogP contribution in [0.3, 0.4) is 0 Å². The largest absolute Gasteiger partial charge is 0.459 e. The van der Waals surface area contributed by atoms with E-state index in [0.717, 1.165) is 66.8 Å². The molecule has 7 nitrogen and oxygen atoms in total. The fourth-order valence-corrected chi connectivity index (χ4v) is 11.9. The van der Waals surface area contributed by atoms with Gasteiger partial charge >= 0.3 is 11.9 Å². The number of carbonyl (C=O) groups is 3. The first-order valence-electron chi connectivity index (χ1n) is 26.8. The van der Waals surface area contributed by atoms with Crippen molar-refractivity contribution in [3.05, 3.63) is 263 Å². The van der Waals surface area contributed by atoms with Crippen LogP contribution in [0.2, 0.25) is 0 Å². The summed E-state index contributed by atoms with van der Waals surface area (Å²) >= 11 is 0. The van der Waals surface area contributed by atoms with Crippen LogP contribution in [-0.2, 0) is 47.8 Å². The Labute approximate surface area is 448 Å². The minimum Gasteiger partial charge on any atom is -0.459 e. The summed E-state index contributed by atoms with van der Waals surface area (Å²) in [6, 6.07) is 72.1. The molecule has 8 aromatic carbocycles. The van der Waals surface area contributed by atoms with Crippen molar-refractivity contribution < 1.29 is 23.9 Å². The van der Waals surface area contributed by atoms with E-state index >= 15 is 14.4 Å². The first-order chi connectivity index (χ1) is 36.6. The Kier molecular flexibility index (Phi) is 14.6. The first kappa shape index (κ1) is 51.8. The molecule has 384 valence electrons. The minimum atomic E-state index is -0.995. The zero-order valence-electron chi connectivity index (χ0n) is 44.5. The molecule has 0 bridgehead atoms. The van der Waals surface area contributed by atoms with Crippen molar-refractivity contribution in [3.63, 3.8) is 0 Å². The second-order valence-corrected chi connectivity index (χ2v) is 22.5. The number of esters is 2. The van der Waals surface area contributed by atoms with Crippen molar-refractivity contribution in [2.24, 2.45) is 11.8 Å². The van der Waals surface area contributed by atoms with Crippen LogP contribution in [0.4, 0.5) is 0 Å². The van der Waals surface area contributed by atoms with Crippen molar-refractivity contribution in [3.8, 4) is 22.3 Å². The number of carbonyl (C=O) groups excluding carboxylic acids is 3. The summed E-state index contributed by atoms with van der Waals surface area (Å²) in [7, 11) is 0. The molecule has 8 aromatic rings. The Morgan fingerprint density at radius 1 is 0.382 bits per heavy atom. The molecule has 0 radical (unpaired) electrons. The number of hydrogen-bond donors (Lipinski definition) is 2. The van der Waals surface area contributed by atoms with Gasteiger partial charge in [0.1, 0.15) is 29.1 Å². The molecule has 2 N–H and O–H groups in total. The Hall–Kier alpha value is -7.71. The molecular formula is C69H68N2O5. The highest BCUT2D eigenvalue weighted by atomic mass is 16.6. The Balaban J connectivity index is 1.12. The molecule has 0 saturated heterocycles. The number of ether oxygens (including phenoxy) is 2. The van der Waals surface area contributed by atoms with E-state index in [-0.39, 0.29) is 18.6 Å². The lowest BCUT2D eigenvalue weighted by Crippen LogP contribution is -2.55. The standard InChI is InChI=1S/C69H68N2O5/c1-66(2,3)75-64(73)61(70-68(51-31-15-9-16-32-51)57-39-23-19-35-53(57)54-36-20-24-40-58(54)68)45-49(43-47-27-11-7-12-28-47)63(72)50(44-48-29-13-8-14-30-48)46-62(65(74)76-67(4,5)6)71-69(52-33-17-10-18-34-52)59-41-25-21-37-55(59)56-38-22-26-42-60(56)69/h7-42,49-50,61-62,70-71H,43-46H2,1-6H3/t49-,50-,61-,62-/m0/s1. The third kappa shape index (κ3) is 10.5. The summed E-state index contributed by atoms with van der Waals surface area (Å²) < 4.78 is 12.8. The van der Waals surface area contributed by atoms with Gasteiger partial charge in [0.25, 0.3) is 0 Å². The molecule has 0 aromatic heterocycles. The lowest BCUT2D eigenvalue weighted by atomic mass is 9.76. The maximum Gasteiger partial charge on any atom is 0.323 e. The molecule has 10 rings (SSSR count). The SMILES string of the molecule is CC(C)(C)OC(=O)[C@H](C[C@H](Cc1ccccc1)C(=O)[C@@H](Cc1ccccc1)C[C@H](NC1(c2ccccc2)c2ccccc2-c2ccccc21)C(=O)OC(C)(C)C)NC1(c2ccccc2)c2ccccc2-c2ccccc21. The van der Waals surface area contributed by atoms with Gasteiger partial charge < -0.3 is 9.47 Å². The second-order valence-electron chi connectivity index (χ2n) is 22.5. The summed E-state index contributed by atoms with van der Waals surface area (Å²) in [6.45, 7) is 11.3. The van der Waals surface area contributed by atoms with Crippen molar-refractivity contribution in [2.75, 3.05) is 0 Å². The van der Waals surface area contributed by atoms with Crippen LogP contribution in [0.25, 0.3) is 22.3 Å². The maximum atomic E-state index is 16.5. The molecule has 0 spiro atoms. The summed E-state index contributed by atoms with van der Waals surface area (Å²) in [5.41, 5.74) is 8.49. The van der Waals surface area contributed by atoms with Crippen LogP contribution >= 0.6 is 0 Å². The third-order valence-corrected chi connectivity index (χ3v) is 15.0. The molecule has 0 aliphatic heterocycles. The van der Waals surface area contributed by atoms with Crippen LogP contribution < -0.4 is 10.6 Å². The molecule has 2 aliphatic rings. The number of Topliss-reactive ketones (excluding diaryl/α,β-unsaturated/α-hetero) is 1. The Morgan fingerprint density at radius 2 is 0.645 bits per heavy atom. The molecule has 4 atom stereocenters. The number of nitrogens with one attached hydrogen (secondary N) is 2. The predicted octanol–water partition coefficient (Wildman–Crippen LogP) is 13.6. The van der Waals surface area contributed by atoms with E-state index in [4.69, 9.17) is 9.47 Å². The molecule has 0 fully saturated rings. The average Bonchev–Trinajstić information content (AvgIpc) is 3.95. The summed E-state index contributed by atoms with van der Waals surface area (Å²) in [5, 5.41) is 8.00. The molecule has 0 unspecified atom stereocenters. The number of ketones is 1. The van der Waals surface area contributed by atoms with E-state index in [1.54, 1.807) is 0 Å². The van der Waals surface area contributed by atoms with Crippen LogP contribution in [0, 0.1) is 11.8 Å². The van der Waals surface area contributed by atoms with Crippen LogP contribution in [-0.4, -0.2) is 41.0 Å². The number of fused-ring (bicyclic) bond motifs is 6. The van der Waals surface area contributed by atoms with Gasteiger partial charge in [0, 0.05) is 11.8 Å². The minimum absolute atomic E-state index is 0.0552. The van der Waals surface area contributed by atoms with E-state index in [0.29, 0.717) is 12.8 Å². The zero-order chi connectivity index (χ0) is 53.1. The van der Waals surface area contributed by atoms with Gasteiger partial charge in [0.15, 0.2) is 0 Å². The van der Waals surface area contributed by atoms with Crippen LogP contribution in [0.1, 0.15) is 98.9 Å². The van der Waals surface area contributed by atoms with Crippen molar-refractivity contribution >= 4 is 17.7 Å². The van der Waals surface area contributed by atoms with Gasteiger partial charge in [-0.15, -0.1) is 0 Å². The maximum absolute atomic E-state index is 16.5. The van der Waals surface area contributed by atoms with Gasteiger partial charge in [0.05, 0.1) is 11.1 Å². The lowest BCUT2D eigenvalue weighted by Gasteiger charge is -2.39. The Morgan fingerprint density at radius 3 is 0.934 bits per heavy atom. The van der Waals surface area contributed by atoms with Gasteiger partial charge in [-0.25, -0.2) is 0 Å². The normalized spacial score (nSPS) is 15.4. The van der Waals surface area contributed by atoms with Crippen molar-refractivity contribution in [1.29, 1.82) is 0 Å². The molecule has 2 aliphatic carbocycles. The van der Waals surface area contributed by atoms with Gasteiger partial charge in [0.2, 0.25) is 0 Å². The zero-order valence-corrected chi connectivity index (χ0v) is 44.5. The summed E-state index contributed by atoms with van der Waals surface area (Å²) in [6.07, 6.45) is 0.894. The smallest absolute Gasteiger partial charge is 0.323 e. The highest BCUT2D eigenvalue weighted by Crippen LogP contribution is 2.53. The molecule has 7 heteroatoms. The third-order valence-electron chi connectivity index (χ3n) is 15.0. The van der Waals surface area contributed by atoms with Crippen molar-refractivity contribution in [2.45, 2.75) is 102 Å². The Bertz CT molecular complexity index is 3010. The number of benzene rings is 8. The topological polar surface area (TPSA) is 93.7 Å². The van der Waals surface area contributed by atoms with E-state index in [2.05, 4.69) is 108 Å². The fourth-order valence-electron chi connectivity index (χ4n) is 11.9. The number of rotatable bonds is 18. The molecular weight excluding hydrogens is 937 g/mol. The van der Waals surface area contributed by atoms with Crippen molar-refractivity contribution in [1.82, 2.24) is 10.6 Å². The van der Waals surface area contributed by atoms with Gasteiger partial charge in [-0.2, -0.15) is 0 Å². The van der Waals surface area contributed by atoms with Gasteiger partial charge in [-0.1, -0.05) is 218 Å². The van der Waals surface area contributed by atoms with Crippen LogP contribution in [0.5, 0.6) is 0 Å². The van der Waals surface area contributed by atoms with Gasteiger partial charge in [-0.3, -0.25) is 25.0 Å². The average molecular weight is 1010 g/mol. The predicted molar refractivity (Wildman–Crippen MR) is 303 cm³/mol. The summed E-state index contributed by atoms with van der Waals surface area (Å²) in [5.74, 6) is -2.41. The van der Waals surface area contributed by atoms with Gasteiger partial charge in [-0.05, 0) is 134 Å². The quantitative estimate of drug-likeness (QED) is 0.0827. The first-order valence-corrected chi connectivity index (χ1v) is 26.8. The van der Waals surface area contributed by atoms with E-state index in [1.807, 2.05) is 163 Å². The summed E-state index contributed by atoms with van der Waals surface area (Å²) in [4.78, 5) is 47.2. The molecule has 0 amide bonds. The lowest BCUT2D eigenvalue weighted by molar-refractivity contribution is -0.159. The highest BCUT2D eigenvalue weighted by molar-refractivity contribution is 5.89. The van der Waals surface area contributed by atoms with E-state index in [1.165, 1.54) is 0 Å². The highest BCUT2D eigenvalue weighted by Gasteiger charge is 2.50. The van der Waals surface area contributed by atoms with Crippen LogP contribution in [0.15, 0.2) is 218 Å².